The highest BCUT2D eigenvalue weighted by atomic mass is 16.6. The number of phenolic OH excluding ortho intramolecular Hbond substituents is 1. The lowest BCUT2D eigenvalue weighted by Gasteiger charge is -2.30. The molecule has 1 aliphatic heterocycles. The zero-order valence-corrected chi connectivity index (χ0v) is 27.3. The summed E-state index contributed by atoms with van der Waals surface area (Å²) in [6.45, 7) is 3.45. The molecule has 15 nitrogen and oxygen atoms in total. The van der Waals surface area contributed by atoms with Gasteiger partial charge in [-0.25, -0.2) is 14.4 Å². The maximum atomic E-state index is 13.6. The smallest absolute Gasteiger partial charge is 0.338 e. The number of amides is 2. The van der Waals surface area contributed by atoms with Gasteiger partial charge in [-0.2, -0.15) is 0 Å². The maximum Gasteiger partial charge on any atom is 0.338 e. The number of carbonyl (C=O) groups excluding carboxylic acids is 5. The summed E-state index contributed by atoms with van der Waals surface area (Å²) in [4.78, 5) is 74.2. The van der Waals surface area contributed by atoms with Crippen molar-refractivity contribution in [2.75, 3.05) is 31.7 Å². The Kier molecular flexibility index (Phi) is 12.0. The van der Waals surface area contributed by atoms with Crippen LogP contribution in [-0.4, -0.2) is 66.1 Å². The highest BCUT2D eigenvalue weighted by molar-refractivity contribution is 6.00. The topological polar surface area (TPSA) is 212 Å². The molecule has 2 amide bonds. The van der Waals surface area contributed by atoms with Gasteiger partial charge in [-0.3, -0.25) is 19.7 Å². The number of carbonyl (C=O) groups is 5. The number of nitrogens with one attached hydrogen (secondary N) is 3. The van der Waals surface area contributed by atoms with Crippen LogP contribution in [0.2, 0.25) is 0 Å². The molecule has 0 radical (unpaired) electrons. The summed E-state index contributed by atoms with van der Waals surface area (Å²) < 4.78 is 16.1. The van der Waals surface area contributed by atoms with Gasteiger partial charge in [0.2, 0.25) is 5.91 Å². The molecule has 0 aromatic heterocycles. The predicted octanol–water partition coefficient (Wildman–Crippen LogP) is 3.87. The van der Waals surface area contributed by atoms with Crippen molar-refractivity contribution in [1.82, 2.24) is 10.6 Å². The van der Waals surface area contributed by atoms with E-state index in [1.54, 1.807) is 26.0 Å². The Morgan fingerprint density at radius 3 is 2.02 bits per heavy atom. The summed E-state index contributed by atoms with van der Waals surface area (Å²) in [5.74, 6) is -4.66. The van der Waals surface area contributed by atoms with Crippen LogP contribution in [0.25, 0.3) is 0 Å². The number of para-hydroxylation sites is 1. The van der Waals surface area contributed by atoms with Gasteiger partial charge in [-0.15, -0.1) is 0 Å². The van der Waals surface area contributed by atoms with Gasteiger partial charge in [-0.1, -0.05) is 24.3 Å². The number of benzene rings is 3. The van der Waals surface area contributed by atoms with E-state index in [4.69, 9.17) is 14.2 Å². The standard InChI is InChI=1S/C35H34N4O11/c1-20-29(34(44)48-16-15-36-32(42)27-9-4-5-10-28(27)41)31(24-7-6-8-26(19-24)39(46)47)30(21(2)37-20)35(45)50-18-17-49-33(43)23-11-13-25(14-12-23)38-22(3)40/h4-14,19,31,37,41H,15-18H2,1-3H3,(H,36,42)(H,38,40). The van der Waals surface area contributed by atoms with Crippen LogP contribution in [0.1, 0.15) is 53.0 Å². The van der Waals surface area contributed by atoms with E-state index in [0.717, 1.165) is 0 Å². The van der Waals surface area contributed by atoms with E-state index in [1.165, 1.54) is 67.6 Å². The van der Waals surface area contributed by atoms with Crippen molar-refractivity contribution in [3.05, 3.63) is 122 Å². The van der Waals surface area contributed by atoms with E-state index in [0.29, 0.717) is 17.1 Å². The average molecular weight is 687 g/mol. The minimum atomic E-state index is -1.16. The molecule has 0 saturated heterocycles. The molecular formula is C35H34N4O11. The van der Waals surface area contributed by atoms with Crippen molar-refractivity contribution in [1.29, 1.82) is 0 Å². The molecule has 3 aromatic carbocycles. The molecule has 1 aliphatic rings. The third-order valence-electron chi connectivity index (χ3n) is 7.37. The second-order valence-corrected chi connectivity index (χ2v) is 10.9. The number of non-ortho nitro benzene ring substituents is 1. The lowest BCUT2D eigenvalue weighted by atomic mass is 9.80. The number of hydrogen-bond donors (Lipinski definition) is 4. The highest BCUT2D eigenvalue weighted by Gasteiger charge is 2.38. The minimum Gasteiger partial charge on any atom is -0.507 e. The van der Waals surface area contributed by atoms with Crippen molar-refractivity contribution in [2.24, 2.45) is 0 Å². The average Bonchev–Trinajstić information content (AvgIpc) is 3.08. The van der Waals surface area contributed by atoms with Gasteiger partial charge in [0.25, 0.3) is 11.6 Å². The van der Waals surface area contributed by atoms with Gasteiger partial charge in [-0.05, 0) is 55.8 Å². The molecular weight excluding hydrogens is 652 g/mol. The third kappa shape index (κ3) is 9.09. The number of aromatic hydroxyl groups is 1. The Morgan fingerprint density at radius 2 is 1.42 bits per heavy atom. The number of nitro groups is 1. The van der Waals surface area contributed by atoms with Crippen molar-refractivity contribution >= 4 is 41.1 Å². The molecule has 4 rings (SSSR count). The van der Waals surface area contributed by atoms with Crippen LogP contribution in [0.3, 0.4) is 0 Å². The number of hydrogen-bond acceptors (Lipinski definition) is 12. The summed E-state index contributed by atoms with van der Waals surface area (Å²) >= 11 is 0. The zero-order valence-electron chi connectivity index (χ0n) is 27.3. The molecule has 0 bridgehead atoms. The van der Waals surface area contributed by atoms with Crippen molar-refractivity contribution in [3.63, 3.8) is 0 Å². The number of esters is 3. The van der Waals surface area contributed by atoms with Gasteiger partial charge >= 0.3 is 17.9 Å². The quantitative estimate of drug-likeness (QED) is 0.0664. The zero-order chi connectivity index (χ0) is 36.4. The van der Waals surface area contributed by atoms with Gasteiger partial charge in [0.1, 0.15) is 25.6 Å². The fourth-order valence-corrected chi connectivity index (χ4v) is 5.16. The number of nitrogens with zero attached hydrogens (tertiary/aromatic N) is 1. The first kappa shape index (κ1) is 36.3. The van der Waals surface area contributed by atoms with Gasteiger partial charge in [0, 0.05) is 36.1 Å². The Hall–Kier alpha value is -6.51. The molecule has 50 heavy (non-hydrogen) atoms. The largest absolute Gasteiger partial charge is 0.507 e. The summed E-state index contributed by atoms with van der Waals surface area (Å²) in [5, 5.41) is 29.6. The molecule has 1 atom stereocenters. The lowest BCUT2D eigenvalue weighted by Crippen LogP contribution is -2.34. The summed E-state index contributed by atoms with van der Waals surface area (Å²) in [6.07, 6.45) is 0. The fourth-order valence-electron chi connectivity index (χ4n) is 5.16. The number of phenols is 1. The van der Waals surface area contributed by atoms with Crippen LogP contribution in [0.5, 0.6) is 5.75 Å². The summed E-state index contributed by atoms with van der Waals surface area (Å²) in [6, 6.07) is 17.4. The van der Waals surface area contributed by atoms with Crippen molar-refractivity contribution < 1.29 is 48.2 Å². The van der Waals surface area contributed by atoms with Gasteiger partial charge < -0.3 is 35.3 Å². The molecule has 260 valence electrons. The van der Waals surface area contributed by atoms with Crippen LogP contribution >= 0.6 is 0 Å². The molecule has 4 N–H and O–H groups in total. The molecule has 1 heterocycles. The van der Waals surface area contributed by atoms with Crippen LogP contribution < -0.4 is 16.0 Å². The van der Waals surface area contributed by atoms with E-state index in [-0.39, 0.29) is 71.5 Å². The molecule has 3 aromatic rings. The molecule has 0 fully saturated rings. The monoisotopic (exact) mass is 686 g/mol. The normalized spacial score (nSPS) is 13.9. The van der Waals surface area contributed by atoms with Gasteiger partial charge in [0.05, 0.1) is 39.7 Å². The first-order chi connectivity index (χ1) is 23.9. The summed E-state index contributed by atoms with van der Waals surface area (Å²) in [7, 11) is 0. The van der Waals surface area contributed by atoms with Crippen molar-refractivity contribution in [2.45, 2.75) is 26.7 Å². The van der Waals surface area contributed by atoms with Crippen molar-refractivity contribution in [3.8, 4) is 5.75 Å². The van der Waals surface area contributed by atoms with E-state index >= 15 is 0 Å². The minimum absolute atomic E-state index is 0.0239. The van der Waals surface area contributed by atoms with E-state index in [2.05, 4.69) is 16.0 Å². The second-order valence-electron chi connectivity index (χ2n) is 10.9. The highest BCUT2D eigenvalue weighted by Crippen LogP contribution is 2.40. The lowest BCUT2D eigenvalue weighted by molar-refractivity contribution is -0.384. The second kappa shape index (κ2) is 16.5. The number of ether oxygens (including phenoxy) is 3. The Morgan fingerprint density at radius 1 is 0.820 bits per heavy atom. The Labute approximate surface area is 286 Å². The number of rotatable bonds is 13. The van der Waals surface area contributed by atoms with E-state index in [9.17, 15) is 39.2 Å². The number of anilines is 1. The number of dihydropyridines is 1. The first-order valence-corrected chi connectivity index (χ1v) is 15.3. The maximum absolute atomic E-state index is 13.6. The van der Waals surface area contributed by atoms with Gasteiger partial charge in [0.15, 0.2) is 0 Å². The number of allylic oxidation sites excluding steroid dienone is 2. The van der Waals surface area contributed by atoms with E-state index in [1.807, 2.05) is 0 Å². The molecule has 15 heteroatoms. The van der Waals surface area contributed by atoms with E-state index < -0.39 is 34.7 Å². The Bertz CT molecular complexity index is 1880. The SMILES string of the molecule is CC(=O)Nc1ccc(C(=O)OCCOC(=O)C2=C(C)NC(C)=C(C(=O)OCCNC(=O)c3ccccc3O)C2c2cccc([N+](=O)[O-])c2)cc1. The molecule has 0 spiro atoms. The van der Waals surface area contributed by atoms with Crippen LogP contribution in [0.4, 0.5) is 11.4 Å². The molecule has 0 aliphatic carbocycles. The van der Waals surface area contributed by atoms with Crippen LogP contribution in [-0.2, 0) is 28.6 Å². The predicted molar refractivity (Wildman–Crippen MR) is 178 cm³/mol. The summed E-state index contributed by atoms with van der Waals surface area (Å²) in [5.41, 5.74) is 1.27. The molecule has 1 unspecified atom stereocenters. The van der Waals surface area contributed by atoms with Crippen LogP contribution in [0, 0.1) is 10.1 Å². The third-order valence-corrected chi connectivity index (χ3v) is 7.37. The first-order valence-electron chi connectivity index (χ1n) is 15.3. The molecule has 0 saturated carbocycles. The Balaban J connectivity index is 1.46. The number of nitro benzene ring substituents is 1. The van der Waals surface area contributed by atoms with Crippen LogP contribution in [0.15, 0.2) is 95.3 Å². The fraction of sp³-hybridized carbons (Fsp3) is 0.229.